The second-order valence-electron chi connectivity index (χ2n) is 4.69. The maximum absolute atomic E-state index is 4.55. The Kier molecular flexibility index (Phi) is 2.84. The molecule has 0 saturated carbocycles. The molecule has 0 bridgehead atoms. The largest absolute Gasteiger partial charge is 0.346 e. The van der Waals surface area contributed by atoms with Crippen molar-refractivity contribution in [2.75, 3.05) is 27.2 Å². The molecule has 0 saturated heterocycles. The molecule has 0 aromatic rings. The lowest BCUT2D eigenvalue weighted by molar-refractivity contribution is 0.240. The van der Waals surface area contributed by atoms with E-state index in [1.807, 2.05) is 0 Å². The first-order valence-electron chi connectivity index (χ1n) is 4.92. The van der Waals surface area contributed by atoms with E-state index >= 15 is 0 Å². The molecule has 0 fully saturated rings. The second kappa shape index (κ2) is 3.56. The Hall–Kier alpha value is -0.730. The highest BCUT2D eigenvalue weighted by Crippen LogP contribution is 2.14. The van der Waals surface area contributed by atoms with Crippen LogP contribution in [0.15, 0.2) is 4.99 Å². The average Bonchev–Trinajstić information content (AvgIpc) is 2.02. The van der Waals surface area contributed by atoms with Crippen LogP contribution in [0.25, 0.3) is 0 Å². The molecule has 1 aliphatic rings. The summed E-state index contributed by atoms with van der Waals surface area (Å²) >= 11 is 0. The highest BCUT2D eigenvalue weighted by Gasteiger charge is 2.24. The van der Waals surface area contributed by atoms with Crippen molar-refractivity contribution < 1.29 is 0 Å². The van der Waals surface area contributed by atoms with Crippen molar-refractivity contribution in [2.45, 2.75) is 32.7 Å². The van der Waals surface area contributed by atoms with E-state index < -0.39 is 0 Å². The average molecular weight is 183 g/mol. The zero-order valence-electron chi connectivity index (χ0n) is 9.46. The molecule has 0 aliphatic carbocycles. The number of hydrogen-bond donors (Lipinski definition) is 0. The Bertz CT molecular complexity index is 203. The molecule has 1 aliphatic heterocycles. The lowest BCUT2D eigenvalue weighted by Crippen LogP contribution is -2.51. The van der Waals surface area contributed by atoms with Crippen LogP contribution in [0.4, 0.5) is 0 Å². The van der Waals surface area contributed by atoms with Gasteiger partial charge in [-0.1, -0.05) is 0 Å². The van der Waals surface area contributed by atoms with E-state index in [4.69, 9.17) is 0 Å². The van der Waals surface area contributed by atoms with Crippen LogP contribution in [-0.2, 0) is 0 Å². The molecule has 0 unspecified atom stereocenters. The van der Waals surface area contributed by atoms with Crippen molar-refractivity contribution in [2.24, 2.45) is 4.99 Å². The van der Waals surface area contributed by atoms with E-state index in [9.17, 15) is 0 Å². The SMILES string of the molecule is CN1CCCN=C1N(C)C(C)(C)C. The molecule has 13 heavy (non-hydrogen) atoms. The van der Waals surface area contributed by atoms with Crippen molar-refractivity contribution in [3.8, 4) is 0 Å². The van der Waals surface area contributed by atoms with E-state index in [2.05, 4.69) is 49.7 Å². The standard InChI is InChI=1S/C10H21N3/c1-10(2,3)13(5)9-11-7-6-8-12(9)4/h6-8H2,1-5H3. The number of rotatable bonds is 0. The maximum Gasteiger partial charge on any atom is 0.196 e. The molecule has 1 heterocycles. The Morgan fingerprint density at radius 2 is 2.00 bits per heavy atom. The van der Waals surface area contributed by atoms with Gasteiger partial charge < -0.3 is 9.80 Å². The first kappa shape index (κ1) is 10.4. The molecule has 3 nitrogen and oxygen atoms in total. The highest BCUT2D eigenvalue weighted by atomic mass is 15.4. The van der Waals surface area contributed by atoms with E-state index in [1.54, 1.807) is 0 Å². The van der Waals surface area contributed by atoms with Gasteiger partial charge in [0.25, 0.3) is 0 Å². The second-order valence-corrected chi connectivity index (χ2v) is 4.69. The zero-order chi connectivity index (χ0) is 10.1. The first-order valence-corrected chi connectivity index (χ1v) is 4.92. The molecule has 0 spiro atoms. The van der Waals surface area contributed by atoms with Gasteiger partial charge in [-0.2, -0.15) is 0 Å². The molecule has 1 rings (SSSR count). The lowest BCUT2D eigenvalue weighted by atomic mass is 10.1. The van der Waals surface area contributed by atoms with Crippen molar-refractivity contribution in [1.29, 1.82) is 0 Å². The van der Waals surface area contributed by atoms with Gasteiger partial charge in [0.2, 0.25) is 0 Å². The maximum atomic E-state index is 4.55. The van der Waals surface area contributed by atoms with Gasteiger partial charge >= 0.3 is 0 Å². The predicted molar refractivity (Wildman–Crippen MR) is 57.1 cm³/mol. The van der Waals surface area contributed by atoms with Crippen LogP contribution < -0.4 is 0 Å². The number of guanidine groups is 1. The minimum atomic E-state index is 0.157. The molecule has 76 valence electrons. The van der Waals surface area contributed by atoms with Crippen LogP contribution in [0.3, 0.4) is 0 Å². The van der Waals surface area contributed by atoms with Gasteiger partial charge in [0, 0.05) is 32.7 Å². The quantitative estimate of drug-likeness (QED) is 0.565. The fourth-order valence-corrected chi connectivity index (χ4v) is 1.37. The van der Waals surface area contributed by atoms with E-state index in [0.29, 0.717) is 0 Å². The molecule has 3 heteroatoms. The first-order chi connectivity index (χ1) is 5.93. The van der Waals surface area contributed by atoms with Crippen LogP contribution in [0.1, 0.15) is 27.2 Å². The summed E-state index contributed by atoms with van der Waals surface area (Å²) in [6.45, 7) is 8.72. The minimum absolute atomic E-state index is 0.157. The predicted octanol–water partition coefficient (Wildman–Crippen LogP) is 1.41. The van der Waals surface area contributed by atoms with Crippen LogP contribution in [0, 0.1) is 0 Å². The van der Waals surface area contributed by atoms with Crippen molar-refractivity contribution in [3.63, 3.8) is 0 Å². The Morgan fingerprint density at radius 3 is 2.46 bits per heavy atom. The Morgan fingerprint density at radius 1 is 1.38 bits per heavy atom. The van der Waals surface area contributed by atoms with Gasteiger partial charge in [0.05, 0.1) is 0 Å². The van der Waals surface area contributed by atoms with Gasteiger partial charge in [-0.15, -0.1) is 0 Å². The van der Waals surface area contributed by atoms with Crippen LogP contribution in [-0.4, -0.2) is 48.5 Å². The summed E-state index contributed by atoms with van der Waals surface area (Å²) in [5.41, 5.74) is 0.157. The van der Waals surface area contributed by atoms with E-state index in [1.165, 1.54) is 6.42 Å². The third kappa shape index (κ3) is 2.36. The summed E-state index contributed by atoms with van der Waals surface area (Å²) in [6.07, 6.45) is 1.18. The van der Waals surface area contributed by atoms with Gasteiger partial charge in [0.1, 0.15) is 0 Å². The minimum Gasteiger partial charge on any atom is -0.346 e. The van der Waals surface area contributed by atoms with Gasteiger partial charge in [-0.3, -0.25) is 4.99 Å². The van der Waals surface area contributed by atoms with Gasteiger partial charge in [-0.25, -0.2) is 0 Å². The van der Waals surface area contributed by atoms with E-state index in [0.717, 1.165) is 19.0 Å². The van der Waals surface area contributed by atoms with Crippen molar-refractivity contribution in [1.82, 2.24) is 9.80 Å². The molecular weight excluding hydrogens is 162 g/mol. The summed E-state index contributed by atoms with van der Waals surface area (Å²) in [5, 5.41) is 0. The normalized spacial score (nSPS) is 18.5. The molecule has 0 N–H and O–H groups in total. The molecule has 0 atom stereocenters. The highest BCUT2D eigenvalue weighted by molar-refractivity contribution is 5.80. The summed E-state index contributed by atoms with van der Waals surface area (Å²) in [6, 6.07) is 0. The summed E-state index contributed by atoms with van der Waals surface area (Å²) in [4.78, 5) is 9.02. The topological polar surface area (TPSA) is 18.8 Å². The molecule has 0 aromatic heterocycles. The lowest BCUT2D eigenvalue weighted by Gasteiger charge is -2.39. The smallest absolute Gasteiger partial charge is 0.196 e. The summed E-state index contributed by atoms with van der Waals surface area (Å²) in [5.74, 6) is 1.12. The van der Waals surface area contributed by atoms with Crippen LogP contribution >= 0.6 is 0 Å². The molecule has 0 radical (unpaired) electrons. The third-order valence-electron chi connectivity index (χ3n) is 2.55. The third-order valence-corrected chi connectivity index (χ3v) is 2.55. The van der Waals surface area contributed by atoms with E-state index in [-0.39, 0.29) is 5.54 Å². The number of hydrogen-bond acceptors (Lipinski definition) is 3. The molecule has 0 aromatic carbocycles. The fourth-order valence-electron chi connectivity index (χ4n) is 1.37. The molecular formula is C10H21N3. The Labute approximate surface area is 81.4 Å². The van der Waals surface area contributed by atoms with Crippen molar-refractivity contribution >= 4 is 5.96 Å². The van der Waals surface area contributed by atoms with Crippen LogP contribution in [0.2, 0.25) is 0 Å². The number of nitrogens with zero attached hydrogens (tertiary/aromatic N) is 3. The summed E-state index contributed by atoms with van der Waals surface area (Å²) < 4.78 is 0. The van der Waals surface area contributed by atoms with Gasteiger partial charge in [-0.05, 0) is 27.2 Å². The van der Waals surface area contributed by atoms with Crippen LogP contribution in [0.5, 0.6) is 0 Å². The molecule has 0 amide bonds. The summed E-state index contributed by atoms with van der Waals surface area (Å²) in [7, 11) is 4.22. The van der Waals surface area contributed by atoms with Crippen molar-refractivity contribution in [3.05, 3.63) is 0 Å². The Balaban J connectivity index is 2.75. The number of aliphatic imine (C=N–C) groups is 1. The fraction of sp³-hybridized carbons (Fsp3) is 0.900. The zero-order valence-corrected chi connectivity index (χ0v) is 9.46. The monoisotopic (exact) mass is 183 g/mol. The van der Waals surface area contributed by atoms with Gasteiger partial charge in [0.15, 0.2) is 5.96 Å².